The Morgan fingerprint density at radius 3 is 1.71 bits per heavy atom. The topological polar surface area (TPSA) is 111 Å². The van der Waals surface area contributed by atoms with E-state index in [4.69, 9.17) is 19.6 Å². The lowest BCUT2D eigenvalue weighted by atomic mass is 9.94. The molecule has 2 unspecified atom stereocenters. The van der Waals surface area contributed by atoms with Crippen molar-refractivity contribution in [2.75, 3.05) is 13.1 Å². The highest BCUT2D eigenvalue weighted by Gasteiger charge is 2.50. The van der Waals surface area contributed by atoms with Crippen LogP contribution in [0.4, 0.5) is 9.59 Å². The normalized spacial score (nSPS) is 26.1. The molecule has 0 aromatic rings. The molecule has 2 aliphatic rings. The molecule has 2 saturated heterocycles. The van der Waals surface area contributed by atoms with Crippen molar-refractivity contribution in [1.29, 1.82) is 0 Å². The monoisotopic (exact) mass is 513 g/mol. The van der Waals surface area contributed by atoms with Gasteiger partial charge in [0.05, 0.1) is 6.10 Å². The Balaban J connectivity index is 2.31. The molecular weight excluding hydrogens is 466 g/mol. The number of likely N-dealkylation sites (tertiary alicyclic amines) is 2. The van der Waals surface area contributed by atoms with Crippen molar-refractivity contribution >= 4 is 26.4 Å². The highest BCUT2D eigenvalue weighted by Crippen LogP contribution is 2.41. The zero-order valence-corrected chi connectivity index (χ0v) is 24.6. The van der Waals surface area contributed by atoms with E-state index in [9.17, 15) is 14.4 Å². The third-order valence-electron chi connectivity index (χ3n) is 7.03. The number of nitrogens with zero attached hydrogens (tertiary/aromatic N) is 2. The van der Waals surface area contributed by atoms with Crippen LogP contribution < -0.4 is 5.73 Å². The molecule has 0 aromatic heterocycles. The van der Waals surface area contributed by atoms with E-state index >= 15 is 0 Å². The van der Waals surface area contributed by atoms with Gasteiger partial charge in [0.25, 0.3) is 0 Å². The van der Waals surface area contributed by atoms with Gasteiger partial charge in [0.15, 0.2) is 8.32 Å². The number of ether oxygens (including phenoxy) is 2. The number of rotatable bonds is 4. The van der Waals surface area contributed by atoms with Crippen LogP contribution in [0.25, 0.3) is 0 Å². The Bertz CT molecular complexity index is 811. The smallest absolute Gasteiger partial charge is 0.410 e. The maximum atomic E-state index is 13.2. The molecule has 0 aromatic carbocycles. The summed E-state index contributed by atoms with van der Waals surface area (Å²) < 4.78 is 17.9. The summed E-state index contributed by atoms with van der Waals surface area (Å²) in [7, 11) is -2.08. The van der Waals surface area contributed by atoms with Crippen molar-refractivity contribution in [3.8, 4) is 0 Å². The first kappa shape index (κ1) is 29.4. The standard InChI is InChI=1S/C25H47N3O6Si/c1-23(2,3)32-21(30)27-14-16(12-19(27)20(26)29)18-13-17(34-35(10,11)25(7,8)9)15-28(18)22(31)33-24(4,5)6/h16-19H,12-15H2,1-11H3,(H2,26,29)/t16?,17-,18+,19?/m1/s1. The van der Waals surface area contributed by atoms with Gasteiger partial charge < -0.3 is 24.5 Å². The van der Waals surface area contributed by atoms with Crippen LogP contribution >= 0.6 is 0 Å². The minimum Gasteiger partial charge on any atom is -0.444 e. The zero-order valence-electron chi connectivity index (χ0n) is 23.6. The van der Waals surface area contributed by atoms with Crippen molar-refractivity contribution in [3.05, 3.63) is 0 Å². The van der Waals surface area contributed by atoms with E-state index < -0.39 is 43.7 Å². The van der Waals surface area contributed by atoms with Crippen molar-refractivity contribution in [1.82, 2.24) is 9.80 Å². The van der Waals surface area contributed by atoms with Crippen molar-refractivity contribution < 1.29 is 28.3 Å². The fourth-order valence-electron chi connectivity index (χ4n) is 4.42. The summed E-state index contributed by atoms with van der Waals surface area (Å²) in [6, 6.07) is -1.02. The van der Waals surface area contributed by atoms with E-state index in [2.05, 4.69) is 33.9 Å². The van der Waals surface area contributed by atoms with Gasteiger partial charge in [-0.15, -0.1) is 0 Å². The second-order valence-electron chi connectivity index (χ2n) is 13.5. The molecule has 2 heterocycles. The first-order valence-electron chi connectivity index (χ1n) is 12.6. The van der Waals surface area contributed by atoms with Crippen molar-refractivity contribution in [2.45, 2.75) is 123 Å². The summed E-state index contributed by atoms with van der Waals surface area (Å²) in [4.78, 5) is 41.5. The first-order chi connectivity index (χ1) is 15.6. The molecule has 202 valence electrons. The minimum absolute atomic E-state index is 0.0276. The van der Waals surface area contributed by atoms with Crippen LogP contribution in [0.5, 0.6) is 0 Å². The summed E-state index contributed by atoms with van der Waals surface area (Å²) in [6.45, 7) is 22.5. The summed E-state index contributed by atoms with van der Waals surface area (Å²) in [5.41, 5.74) is 4.33. The molecule has 10 heteroatoms. The molecule has 2 fully saturated rings. The minimum atomic E-state index is -2.08. The van der Waals surface area contributed by atoms with Gasteiger partial charge in [-0.2, -0.15) is 0 Å². The van der Waals surface area contributed by atoms with Crippen molar-refractivity contribution in [2.24, 2.45) is 11.7 Å². The lowest BCUT2D eigenvalue weighted by molar-refractivity contribution is -0.122. The van der Waals surface area contributed by atoms with Crippen LogP contribution in [0.1, 0.15) is 75.2 Å². The Labute approximate surface area is 212 Å². The van der Waals surface area contributed by atoms with Gasteiger partial charge in [-0.3, -0.25) is 9.69 Å². The first-order valence-corrected chi connectivity index (χ1v) is 15.5. The Hall–Kier alpha value is -1.81. The Morgan fingerprint density at radius 1 is 0.800 bits per heavy atom. The van der Waals surface area contributed by atoms with E-state index in [1.807, 2.05) is 20.8 Å². The van der Waals surface area contributed by atoms with Gasteiger partial charge in [-0.25, -0.2) is 9.59 Å². The molecule has 0 spiro atoms. The van der Waals surface area contributed by atoms with Crippen LogP contribution in [-0.2, 0) is 18.7 Å². The predicted molar refractivity (Wildman–Crippen MR) is 137 cm³/mol. The second-order valence-corrected chi connectivity index (χ2v) is 18.2. The maximum Gasteiger partial charge on any atom is 0.410 e. The van der Waals surface area contributed by atoms with Crippen molar-refractivity contribution in [3.63, 3.8) is 0 Å². The van der Waals surface area contributed by atoms with Crippen LogP contribution in [0.2, 0.25) is 18.1 Å². The molecular formula is C25H47N3O6Si. The number of hydrogen-bond donors (Lipinski definition) is 1. The number of hydrogen-bond acceptors (Lipinski definition) is 6. The molecule has 2 N–H and O–H groups in total. The van der Waals surface area contributed by atoms with Gasteiger partial charge in [-0.1, -0.05) is 20.8 Å². The number of amides is 3. The number of carbonyl (C=O) groups excluding carboxylic acids is 3. The number of primary amides is 1. The van der Waals surface area contributed by atoms with Gasteiger partial charge in [-0.05, 0) is 78.4 Å². The summed E-state index contributed by atoms with van der Waals surface area (Å²) in [6.07, 6.45) is -0.138. The quantitative estimate of drug-likeness (QED) is 0.554. The number of carbonyl (C=O) groups is 3. The molecule has 2 rings (SSSR count). The van der Waals surface area contributed by atoms with Gasteiger partial charge in [0.2, 0.25) is 5.91 Å². The molecule has 4 atom stereocenters. The van der Waals surface area contributed by atoms with Gasteiger partial charge in [0, 0.05) is 19.1 Å². The Kier molecular flexibility index (Phi) is 8.33. The SMILES string of the molecule is CC(C)(C)OC(=O)N1CC([C@@H]2C[C@@H](O[Si](C)(C)C(C)(C)C)CN2C(=O)OC(C)(C)C)CC1C(N)=O. The molecule has 9 nitrogen and oxygen atoms in total. The number of nitrogens with two attached hydrogens (primary N) is 1. The zero-order chi connectivity index (χ0) is 27.1. The Morgan fingerprint density at radius 2 is 1.29 bits per heavy atom. The molecule has 0 bridgehead atoms. The van der Waals surface area contributed by atoms with E-state index in [1.165, 1.54) is 4.90 Å². The average molecular weight is 514 g/mol. The molecule has 3 amide bonds. The summed E-state index contributed by atoms with van der Waals surface area (Å²) >= 11 is 0. The molecule has 2 aliphatic heterocycles. The molecule has 35 heavy (non-hydrogen) atoms. The van der Waals surface area contributed by atoms with E-state index in [0.29, 0.717) is 19.4 Å². The van der Waals surface area contributed by atoms with E-state index in [0.717, 1.165) is 0 Å². The van der Waals surface area contributed by atoms with E-state index in [1.54, 1.807) is 25.7 Å². The fourth-order valence-corrected chi connectivity index (χ4v) is 5.78. The molecule has 0 aliphatic carbocycles. The predicted octanol–water partition coefficient (Wildman–Crippen LogP) is 4.50. The third kappa shape index (κ3) is 7.58. The maximum absolute atomic E-state index is 13.2. The lowest BCUT2D eigenvalue weighted by Gasteiger charge is -2.38. The second kappa shape index (κ2) is 9.92. The van der Waals surface area contributed by atoms with Crippen LogP contribution in [0, 0.1) is 5.92 Å². The fraction of sp³-hybridized carbons (Fsp3) is 0.880. The van der Waals surface area contributed by atoms with Gasteiger partial charge >= 0.3 is 12.2 Å². The molecule has 0 saturated carbocycles. The third-order valence-corrected chi connectivity index (χ3v) is 11.6. The summed E-state index contributed by atoms with van der Waals surface area (Å²) in [5.74, 6) is -0.727. The van der Waals surface area contributed by atoms with Crippen LogP contribution in [-0.4, -0.2) is 78.7 Å². The van der Waals surface area contributed by atoms with Gasteiger partial charge in [0.1, 0.15) is 17.2 Å². The largest absolute Gasteiger partial charge is 0.444 e. The van der Waals surface area contributed by atoms with Crippen LogP contribution in [0.15, 0.2) is 0 Å². The lowest BCUT2D eigenvalue weighted by Crippen LogP contribution is -2.46. The van der Waals surface area contributed by atoms with E-state index in [-0.39, 0.29) is 29.6 Å². The molecule has 0 radical (unpaired) electrons. The highest BCUT2D eigenvalue weighted by atomic mass is 28.4. The highest BCUT2D eigenvalue weighted by molar-refractivity contribution is 6.74. The summed E-state index contributed by atoms with van der Waals surface area (Å²) in [5, 5.41) is 0.0276. The van der Waals surface area contributed by atoms with Crippen LogP contribution in [0.3, 0.4) is 0 Å². The average Bonchev–Trinajstić information content (AvgIpc) is 3.21.